The normalized spacial score (nSPS) is 15.4. The van der Waals surface area contributed by atoms with Gasteiger partial charge in [0.1, 0.15) is 0 Å². The molecular weight excluding hydrogens is 222 g/mol. The van der Waals surface area contributed by atoms with Crippen LogP contribution in [0.25, 0.3) is 0 Å². The Morgan fingerprint density at radius 2 is 2.00 bits per heavy atom. The molecule has 0 aromatic heterocycles. The second-order valence-corrected chi connectivity index (χ2v) is 4.83. The molecule has 0 amide bonds. The highest BCUT2D eigenvalue weighted by atomic mass is 16.5. The van der Waals surface area contributed by atoms with Gasteiger partial charge in [-0.2, -0.15) is 0 Å². The third-order valence-electron chi connectivity index (χ3n) is 3.43. The molecule has 1 aliphatic rings. The first kappa shape index (κ1) is 13.1. The first-order chi connectivity index (χ1) is 8.90. The summed E-state index contributed by atoms with van der Waals surface area (Å²) < 4.78 is 5.83. The van der Waals surface area contributed by atoms with Gasteiger partial charge in [0.15, 0.2) is 0 Å². The summed E-state index contributed by atoms with van der Waals surface area (Å²) in [7, 11) is 0. The zero-order valence-corrected chi connectivity index (χ0v) is 10.8. The van der Waals surface area contributed by atoms with E-state index in [9.17, 15) is 0 Å². The largest absolute Gasteiger partial charge is 0.376 e. The number of benzene rings is 1. The van der Waals surface area contributed by atoms with E-state index in [1.54, 1.807) is 0 Å². The van der Waals surface area contributed by atoms with Crippen molar-refractivity contribution in [1.82, 2.24) is 0 Å². The van der Waals surface area contributed by atoms with Crippen LogP contribution in [0, 0.1) is 17.8 Å². The van der Waals surface area contributed by atoms with Gasteiger partial charge in [-0.3, -0.25) is 0 Å². The van der Waals surface area contributed by atoms with E-state index in [2.05, 4.69) is 17.9 Å². The molecule has 0 bridgehead atoms. The molecule has 0 unspecified atom stereocenters. The van der Waals surface area contributed by atoms with Crippen molar-refractivity contribution in [3.8, 4) is 11.8 Å². The summed E-state index contributed by atoms with van der Waals surface area (Å²) in [5, 5.41) is 0. The predicted molar refractivity (Wildman–Crippen MR) is 74.0 cm³/mol. The Balaban J connectivity index is 1.87. The molecular formula is C16H21NO. The molecule has 2 N–H and O–H groups in total. The van der Waals surface area contributed by atoms with Crippen molar-refractivity contribution in [3.05, 3.63) is 35.4 Å². The number of hydrogen-bond donors (Lipinski definition) is 1. The van der Waals surface area contributed by atoms with Crippen LogP contribution in [-0.2, 0) is 11.3 Å². The molecule has 0 radical (unpaired) electrons. The number of ether oxygens (including phenoxy) is 1. The molecule has 96 valence electrons. The van der Waals surface area contributed by atoms with Crippen molar-refractivity contribution in [2.24, 2.45) is 11.7 Å². The topological polar surface area (TPSA) is 35.2 Å². The minimum absolute atomic E-state index is 0.400. The van der Waals surface area contributed by atoms with Crippen molar-refractivity contribution in [2.45, 2.75) is 32.3 Å². The van der Waals surface area contributed by atoms with Gasteiger partial charge in [0.25, 0.3) is 0 Å². The quantitative estimate of drug-likeness (QED) is 0.825. The fourth-order valence-corrected chi connectivity index (χ4v) is 2.43. The summed E-state index contributed by atoms with van der Waals surface area (Å²) in [5.41, 5.74) is 7.60. The van der Waals surface area contributed by atoms with Crippen molar-refractivity contribution >= 4 is 0 Å². The molecule has 0 aliphatic heterocycles. The maximum Gasteiger partial charge on any atom is 0.0729 e. The third kappa shape index (κ3) is 3.87. The molecule has 0 saturated heterocycles. The van der Waals surface area contributed by atoms with Gasteiger partial charge in [-0.15, -0.1) is 0 Å². The van der Waals surface area contributed by atoms with Crippen LogP contribution in [0.4, 0.5) is 0 Å². The summed E-state index contributed by atoms with van der Waals surface area (Å²) in [5.74, 6) is 6.77. The van der Waals surface area contributed by atoms with Gasteiger partial charge in [-0.05, 0) is 30.4 Å². The van der Waals surface area contributed by atoms with Crippen molar-refractivity contribution < 1.29 is 4.74 Å². The minimum atomic E-state index is 0.400. The maximum atomic E-state index is 5.83. The van der Waals surface area contributed by atoms with Crippen LogP contribution in [-0.4, -0.2) is 13.2 Å². The van der Waals surface area contributed by atoms with Gasteiger partial charge >= 0.3 is 0 Å². The zero-order valence-electron chi connectivity index (χ0n) is 10.8. The first-order valence-corrected chi connectivity index (χ1v) is 6.74. The van der Waals surface area contributed by atoms with Crippen molar-refractivity contribution in [1.29, 1.82) is 0 Å². The Hall–Kier alpha value is -1.30. The average Bonchev–Trinajstić information content (AvgIpc) is 2.91. The second-order valence-electron chi connectivity index (χ2n) is 4.83. The SMILES string of the molecule is NCC#Cc1ccccc1COCC1CCCC1. The summed E-state index contributed by atoms with van der Waals surface area (Å²) in [4.78, 5) is 0. The van der Waals surface area contributed by atoms with Crippen LogP contribution in [0.15, 0.2) is 24.3 Å². The van der Waals surface area contributed by atoms with Gasteiger partial charge < -0.3 is 10.5 Å². The van der Waals surface area contributed by atoms with E-state index in [1.807, 2.05) is 18.2 Å². The molecule has 1 aromatic carbocycles. The van der Waals surface area contributed by atoms with Crippen molar-refractivity contribution in [2.75, 3.05) is 13.2 Å². The smallest absolute Gasteiger partial charge is 0.0729 e. The molecule has 0 atom stereocenters. The van der Waals surface area contributed by atoms with E-state index >= 15 is 0 Å². The molecule has 1 aromatic rings. The summed E-state index contributed by atoms with van der Waals surface area (Å²) in [6.45, 7) is 1.95. The maximum absolute atomic E-state index is 5.83. The van der Waals surface area contributed by atoms with E-state index in [0.29, 0.717) is 13.2 Å². The van der Waals surface area contributed by atoms with Crippen LogP contribution < -0.4 is 5.73 Å². The predicted octanol–water partition coefficient (Wildman–Crippen LogP) is 2.70. The van der Waals surface area contributed by atoms with Gasteiger partial charge in [0, 0.05) is 12.2 Å². The lowest BCUT2D eigenvalue weighted by Crippen LogP contribution is -2.06. The van der Waals surface area contributed by atoms with Gasteiger partial charge in [0.05, 0.1) is 13.2 Å². The molecule has 1 fully saturated rings. The molecule has 1 aliphatic carbocycles. The van der Waals surface area contributed by atoms with E-state index in [-0.39, 0.29) is 0 Å². The zero-order chi connectivity index (χ0) is 12.6. The molecule has 2 heteroatoms. The standard InChI is InChI=1S/C16H21NO/c17-11-5-10-15-8-3-4-9-16(15)13-18-12-14-6-1-2-7-14/h3-4,8-9,14H,1-2,6-7,11-13,17H2. The average molecular weight is 243 g/mol. The number of hydrogen-bond acceptors (Lipinski definition) is 2. The van der Waals surface area contributed by atoms with E-state index in [0.717, 1.165) is 23.7 Å². The highest BCUT2D eigenvalue weighted by Crippen LogP contribution is 2.25. The molecule has 0 heterocycles. The van der Waals surface area contributed by atoms with E-state index in [4.69, 9.17) is 10.5 Å². The third-order valence-corrected chi connectivity index (χ3v) is 3.43. The van der Waals surface area contributed by atoms with Gasteiger partial charge in [0.2, 0.25) is 0 Å². The summed E-state index contributed by atoms with van der Waals surface area (Å²) in [6.07, 6.45) is 5.39. The Morgan fingerprint density at radius 1 is 1.22 bits per heavy atom. The molecule has 2 rings (SSSR count). The Morgan fingerprint density at radius 3 is 2.78 bits per heavy atom. The first-order valence-electron chi connectivity index (χ1n) is 6.74. The lowest BCUT2D eigenvalue weighted by atomic mass is 10.1. The van der Waals surface area contributed by atoms with Crippen LogP contribution in [0.3, 0.4) is 0 Å². The highest BCUT2D eigenvalue weighted by molar-refractivity contribution is 5.41. The minimum Gasteiger partial charge on any atom is -0.376 e. The van der Waals surface area contributed by atoms with Crippen LogP contribution in [0.5, 0.6) is 0 Å². The fourth-order valence-electron chi connectivity index (χ4n) is 2.43. The van der Waals surface area contributed by atoms with Crippen LogP contribution in [0.1, 0.15) is 36.8 Å². The summed E-state index contributed by atoms with van der Waals surface area (Å²) >= 11 is 0. The van der Waals surface area contributed by atoms with Gasteiger partial charge in [-0.1, -0.05) is 42.9 Å². The molecule has 0 spiro atoms. The Bertz CT molecular complexity index is 424. The monoisotopic (exact) mass is 243 g/mol. The second kappa shape index (κ2) is 7.20. The van der Waals surface area contributed by atoms with E-state index < -0.39 is 0 Å². The molecule has 1 saturated carbocycles. The molecule has 18 heavy (non-hydrogen) atoms. The highest BCUT2D eigenvalue weighted by Gasteiger charge is 2.14. The Labute approximate surface area is 110 Å². The van der Waals surface area contributed by atoms with Crippen molar-refractivity contribution in [3.63, 3.8) is 0 Å². The lowest BCUT2D eigenvalue weighted by molar-refractivity contribution is 0.0887. The van der Waals surface area contributed by atoms with Crippen LogP contribution >= 0.6 is 0 Å². The molecule has 2 nitrogen and oxygen atoms in total. The fraction of sp³-hybridized carbons (Fsp3) is 0.500. The number of rotatable bonds is 4. The van der Waals surface area contributed by atoms with Crippen LogP contribution in [0.2, 0.25) is 0 Å². The summed E-state index contributed by atoms with van der Waals surface area (Å²) in [6, 6.07) is 8.13. The van der Waals surface area contributed by atoms with E-state index in [1.165, 1.54) is 25.7 Å². The Kier molecular flexibility index (Phi) is 5.26. The number of nitrogens with two attached hydrogens (primary N) is 1. The lowest BCUT2D eigenvalue weighted by Gasteiger charge is -2.10. The van der Waals surface area contributed by atoms with Gasteiger partial charge in [-0.25, -0.2) is 0 Å².